The van der Waals surface area contributed by atoms with Crippen LogP contribution in [0.25, 0.3) is 0 Å². The van der Waals surface area contributed by atoms with E-state index in [0.29, 0.717) is 5.69 Å². The van der Waals surface area contributed by atoms with E-state index in [1.807, 2.05) is 12.1 Å². The van der Waals surface area contributed by atoms with Crippen molar-refractivity contribution in [3.05, 3.63) is 30.3 Å². The molecule has 0 radical (unpaired) electrons. The molecule has 0 aromatic heterocycles. The van der Waals surface area contributed by atoms with Crippen molar-refractivity contribution in [2.45, 2.75) is 39.3 Å². The lowest BCUT2D eigenvalue weighted by atomic mass is 10.0. The number of nitrogens with one attached hydrogen (secondary N) is 2. The minimum atomic E-state index is -1.01. The molecule has 0 aliphatic heterocycles. The number of rotatable bonds is 8. The van der Waals surface area contributed by atoms with Crippen molar-refractivity contribution in [1.29, 1.82) is 5.26 Å². The summed E-state index contributed by atoms with van der Waals surface area (Å²) in [4.78, 5) is 38.1. The number of hydrogen-bond donors (Lipinski definition) is 2. The van der Waals surface area contributed by atoms with Crippen molar-refractivity contribution in [2.75, 3.05) is 18.9 Å². The minimum absolute atomic E-state index is 0.193. The van der Waals surface area contributed by atoms with E-state index in [1.54, 1.807) is 38.1 Å². The monoisotopic (exact) mass is 374 g/mol. The number of ether oxygens (including phenoxy) is 1. The van der Waals surface area contributed by atoms with Gasteiger partial charge in [0.25, 0.3) is 5.91 Å². The Morgan fingerprint density at radius 3 is 2.37 bits per heavy atom. The lowest BCUT2D eigenvalue weighted by Crippen LogP contribution is -2.49. The fraction of sp³-hybridized carbons (Fsp3) is 0.474. The molecule has 1 rings (SSSR count). The number of carbonyl (C=O) groups is 3. The highest BCUT2D eigenvalue weighted by molar-refractivity contribution is 5.93. The summed E-state index contributed by atoms with van der Waals surface area (Å²) in [7, 11) is 1.54. The molecule has 0 bridgehead atoms. The number of nitriles is 1. The lowest BCUT2D eigenvalue weighted by Gasteiger charge is -2.25. The Labute approximate surface area is 159 Å². The molecule has 0 heterocycles. The number of nitrogens with zero attached hydrogens (tertiary/aromatic N) is 2. The fourth-order valence-electron chi connectivity index (χ4n) is 2.26. The first-order valence-corrected chi connectivity index (χ1v) is 8.71. The molecule has 0 aliphatic carbocycles. The first-order valence-electron chi connectivity index (χ1n) is 8.71. The predicted octanol–water partition coefficient (Wildman–Crippen LogP) is 2.14. The molecule has 146 valence electrons. The average Bonchev–Trinajstić information content (AvgIpc) is 2.63. The third kappa shape index (κ3) is 7.36. The second kappa shape index (κ2) is 10.8. The first kappa shape index (κ1) is 22.0. The van der Waals surface area contributed by atoms with Crippen LogP contribution >= 0.6 is 0 Å². The Kier molecular flexibility index (Phi) is 8.79. The van der Waals surface area contributed by atoms with Crippen molar-refractivity contribution < 1.29 is 19.1 Å². The van der Waals surface area contributed by atoms with Crippen LogP contribution in [0.15, 0.2) is 30.3 Å². The number of hydrogen-bond acceptors (Lipinski definition) is 5. The minimum Gasteiger partial charge on any atom is -0.451 e. The highest BCUT2D eigenvalue weighted by Crippen LogP contribution is 2.09. The van der Waals surface area contributed by atoms with Gasteiger partial charge in [0.15, 0.2) is 6.10 Å². The van der Waals surface area contributed by atoms with Gasteiger partial charge in [-0.15, -0.1) is 0 Å². The summed E-state index contributed by atoms with van der Waals surface area (Å²) in [5.74, 6) is -1.34. The van der Waals surface area contributed by atoms with E-state index in [4.69, 9.17) is 10.00 Å². The number of carbonyl (C=O) groups excluding carboxylic acids is 3. The Balaban J connectivity index is 2.65. The van der Waals surface area contributed by atoms with Crippen LogP contribution in [0.4, 0.5) is 10.5 Å². The van der Waals surface area contributed by atoms with Gasteiger partial charge in [-0.05, 0) is 25.0 Å². The van der Waals surface area contributed by atoms with Gasteiger partial charge in [0.1, 0.15) is 6.04 Å². The topological polar surface area (TPSA) is 112 Å². The molecule has 0 spiro atoms. The van der Waals surface area contributed by atoms with Gasteiger partial charge in [0, 0.05) is 19.3 Å². The van der Waals surface area contributed by atoms with Gasteiger partial charge in [-0.2, -0.15) is 5.26 Å². The predicted molar refractivity (Wildman–Crippen MR) is 101 cm³/mol. The van der Waals surface area contributed by atoms with Crippen LogP contribution in [0.5, 0.6) is 0 Å². The molecule has 1 aromatic rings. The number of urea groups is 1. The smallest absolute Gasteiger partial charge is 0.329 e. The second-order valence-corrected chi connectivity index (χ2v) is 6.43. The summed E-state index contributed by atoms with van der Waals surface area (Å²) in [5.41, 5.74) is 0.591. The van der Waals surface area contributed by atoms with E-state index in [-0.39, 0.29) is 18.9 Å². The summed E-state index contributed by atoms with van der Waals surface area (Å²) < 4.78 is 5.23. The maximum absolute atomic E-state index is 12.4. The van der Waals surface area contributed by atoms with Gasteiger partial charge in [-0.1, -0.05) is 32.0 Å². The van der Waals surface area contributed by atoms with Gasteiger partial charge in [0.05, 0.1) is 12.5 Å². The molecule has 0 aliphatic rings. The number of amides is 3. The largest absolute Gasteiger partial charge is 0.451 e. The van der Waals surface area contributed by atoms with Crippen LogP contribution < -0.4 is 10.6 Å². The molecule has 0 saturated carbocycles. The Bertz CT molecular complexity index is 685. The van der Waals surface area contributed by atoms with Gasteiger partial charge >= 0.3 is 12.0 Å². The zero-order valence-electron chi connectivity index (χ0n) is 16.1. The van der Waals surface area contributed by atoms with E-state index in [2.05, 4.69) is 10.6 Å². The molecular formula is C19H26N4O4. The van der Waals surface area contributed by atoms with E-state index in [1.165, 1.54) is 18.9 Å². The average molecular weight is 374 g/mol. The fourth-order valence-corrected chi connectivity index (χ4v) is 2.26. The Morgan fingerprint density at radius 2 is 1.81 bits per heavy atom. The Morgan fingerprint density at radius 1 is 1.19 bits per heavy atom. The summed E-state index contributed by atoms with van der Waals surface area (Å²) in [6.07, 6.45) is -0.819. The molecule has 0 unspecified atom stereocenters. The van der Waals surface area contributed by atoms with Crippen molar-refractivity contribution in [2.24, 2.45) is 5.92 Å². The van der Waals surface area contributed by atoms with Crippen molar-refractivity contribution in [1.82, 2.24) is 10.2 Å². The Hall–Kier alpha value is -3.08. The molecule has 2 N–H and O–H groups in total. The van der Waals surface area contributed by atoms with E-state index >= 15 is 0 Å². The first-order chi connectivity index (χ1) is 12.8. The van der Waals surface area contributed by atoms with Crippen LogP contribution in [0.3, 0.4) is 0 Å². The number of benzene rings is 1. The maximum atomic E-state index is 12.4. The number of para-hydroxylation sites is 1. The highest BCUT2D eigenvalue weighted by atomic mass is 16.5. The number of anilines is 1. The molecule has 8 nitrogen and oxygen atoms in total. The summed E-state index contributed by atoms with van der Waals surface area (Å²) in [6, 6.07) is 9.33. The normalized spacial score (nSPS) is 12.4. The maximum Gasteiger partial charge on any atom is 0.329 e. The van der Waals surface area contributed by atoms with Crippen LogP contribution in [0.2, 0.25) is 0 Å². The van der Waals surface area contributed by atoms with Gasteiger partial charge in [-0.25, -0.2) is 9.59 Å². The highest BCUT2D eigenvalue weighted by Gasteiger charge is 2.29. The molecule has 3 amide bonds. The van der Waals surface area contributed by atoms with Gasteiger partial charge in [-0.3, -0.25) is 4.79 Å². The second-order valence-electron chi connectivity index (χ2n) is 6.43. The standard InChI is InChI=1S/C19H26N4O4/c1-13(2)16(22-19(26)21-15-9-6-5-7-10-15)18(25)27-14(3)17(24)23(4)12-8-11-20/h5-7,9-10,13-14,16H,8,12H2,1-4H3,(H2,21,22,26)/t14-,16-/m1/s1. The number of esters is 1. The molecule has 27 heavy (non-hydrogen) atoms. The molecule has 2 atom stereocenters. The van der Waals surface area contributed by atoms with E-state index in [0.717, 1.165) is 0 Å². The summed E-state index contributed by atoms with van der Waals surface area (Å²) in [6.45, 7) is 5.24. The van der Waals surface area contributed by atoms with Crippen molar-refractivity contribution >= 4 is 23.6 Å². The zero-order chi connectivity index (χ0) is 20.4. The van der Waals surface area contributed by atoms with E-state index < -0.39 is 30.1 Å². The van der Waals surface area contributed by atoms with Gasteiger partial charge in [0.2, 0.25) is 0 Å². The van der Waals surface area contributed by atoms with E-state index in [9.17, 15) is 14.4 Å². The van der Waals surface area contributed by atoms with Crippen molar-refractivity contribution in [3.63, 3.8) is 0 Å². The molecule has 0 fully saturated rings. The van der Waals surface area contributed by atoms with Crippen LogP contribution in [0, 0.1) is 17.2 Å². The van der Waals surface area contributed by atoms with Gasteiger partial charge < -0.3 is 20.3 Å². The molecule has 1 aromatic carbocycles. The molecular weight excluding hydrogens is 348 g/mol. The SMILES string of the molecule is CC(C)[C@@H](NC(=O)Nc1ccccc1)C(=O)O[C@H](C)C(=O)N(C)CCC#N. The van der Waals surface area contributed by atoms with Crippen LogP contribution in [0.1, 0.15) is 27.2 Å². The zero-order valence-corrected chi connectivity index (χ0v) is 16.1. The van der Waals surface area contributed by atoms with Crippen LogP contribution in [-0.4, -0.2) is 48.5 Å². The van der Waals surface area contributed by atoms with Crippen molar-refractivity contribution in [3.8, 4) is 6.07 Å². The number of likely N-dealkylation sites (N-methyl/N-ethyl adjacent to an activating group) is 1. The summed E-state index contributed by atoms with van der Waals surface area (Å²) in [5, 5.41) is 13.8. The van der Waals surface area contributed by atoms with Crippen LogP contribution in [-0.2, 0) is 14.3 Å². The third-order valence-electron chi connectivity index (χ3n) is 3.81. The molecule has 0 saturated heterocycles. The summed E-state index contributed by atoms with van der Waals surface area (Å²) >= 11 is 0. The quantitative estimate of drug-likeness (QED) is 0.677. The lowest BCUT2D eigenvalue weighted by molar-refractivity contribution is -0.160. The third-order valence-corrected chi connectivity index (χ3v) is 3.81. The molecule has 8 heteroatoms.